The minimum atomic E-state index is -0.861. The van der Waals surface area contributed by atoms with Crippen LogP contribution in [-0.4, -0.2) is 23.9 Å². The average molecular weight is 283 g/mol. The zero-order chi connectivity index (χ0) is 14.7. The van der Waals surface area contributed by atoms with E-state index in [4.69, 9.17) is 5.84 Å². The van der Waals surface area contributed by atoms with Crippen molar-refractivity contribution in [2.45, 2.75) is 26.2 Å². The highest BCUT2D eigenvalue weighted by Gasteiger charge is 2.27. The van der Waals surface area contributed by atoms with Crippen molar-refractivity contribution in [2.24, 2.45) is 11.8 Å². The first-order chi connectivity index (χ1) is 9.56. The minimum Gasteiger partial charge on any atom is -0.338 e. The summed E-state index contributed by atoms with van der Waals surface area (Å²) in [7, 11) is 0. The van der Waals surface area contributed by atoms with E-state index in [-0.39, 0.29) is 11.5 Å². The molecule has 0 spiro atoms. The molecule has 6 heteroatoms. The molecule has 1 atom stereocenters. The molecule has 0 saturated carbocycles. The van der Waals surface area contributed by atoms with Crippen molar-refractivity contribution in [1.29, 1.82) is 0 Å². The van der Waals surface area contributed by atoms with Crippen molar-refractivity contribution in [3.05, 3.63) is 29.3 Å². The Morgan fingerprint density at radius 1 is 1.45 bits per heavy atom. The van der Waals surface area contributed by atoms with Crippen molar-refractivity contribution >= 4 is 11.6 Å². The van der Waals surface area contributed by atoms with Crippen LogP contribution in [0, 0.1) is 17.6 Å². The topological polar surface area (TPSA) is 58.4 Å². The summed E-state index contributed by atoms with van der Waals surface area (Å²) in [6.07, 6.45) is 3.10. The quantitative estimate of drug-likeness (QED) is 0.659. The van der Waals surface area contributed by atoms with Gasteiger partial charge < -0.3 is 10.3 Å². The Morgan fingerprint density at radius 3 is 2.65 bits per heavy atom. The van der Waals surface area contributed by atoms with Gasteiger partial charge in [0.2, 0.25) is 0 Å². The maximum absolute atomic E-state index is 13.6. The highest BCUT2D eigenvalue weighted by molar-refractivity contribution is 5.94. The SMILES string of the molecule is CCCC1CCN(C(=O)c2cc(F)c(NN)c(F)c2)C1. The van der Waals surface area contributed by atoms with E-state index in [0.717, 1.165) is 31.4 Å². The lowest BCUT2D eigenvalue weighted by Crippen LogP contribution is -2.29. The van der Waals surface area contributed by atoms with Crippen LogP contribution in [0.5, 0.6) is 0 Å². The smallest absolute Gasteiger partial charge is 0.254 e. The van der Waals surface area contributed by atoms with Crippen molar-refractivity contribution in [3.8, 4) is 0 Å². The summed E-state index contributed by atoms with van der Waals surface area (Å²) >= 11 is 0. The number of nitrogen functional groups attached to an aromatic ring is 1. The van der Waals surface area contributed by atoms with Gasteiger partial charge in [0.05, 0.1) is 0 Å². The monoisotopic (exact) mass is 283 g/mol. The second-order valence-corrected chi connectivity index (χ2v) is 5.15. The van der Waals surface area contributed by atoms with E-state index < -0.39 is 17.3 Å². The Labute approximate surface area is 116 Å². The standard InChI is InChI=1S/C14H19F2N3O/c1-2-3-9-4-5-19(8-9)14(20)10-6-11(15)13(18-17)12(16)7-10/h6-7,9,18H,2-5,8,17H2,1H3. The number of hydrazine groups is 1. The van der Waals surface area contributed by atoms with E-state index in [2.05, 4.69) is 6.92 Å². The molecule has 1 aliphatic heterocycles. The van der Waals surface area contributed by atoms with Crippen LogP contribution in [0.4, 0.5) is 14.5 Å². The number of hydrogen-bond acceptors (Lipinski definition) is 3. The lowest BCUT2D eigenvalue weighted by Gasteiger charge is -2.17. The number of amides is 1. The summed E-state index contributed by atoms with van der Waals surface area (Å²) in [4.78, 5) is 13.9. The lowest BCUT2D eigenvalue weighted by molar-refractivity contribution is 0.0785. The Morgan fingerprint density at radius 2 is 2.10 bits per heavy atom. The first kappa shape index (κ1) is 14.7. The Hall–Kier alpha value is -1.69. The summed E-state index contributed by atoms with van der Waals surface area (Å²) in [6, 6.07) is 2.04. The molecule has 20 heavy (non-hydrogen) atoms. The zero-order valence-corrected chi connectivity index (χ0v) is 11.5. The highest BCUT2D eigenvalue weighted by Crippen LogP contribution is 2.25. The van der Waals surface area contributed by atoms with Gasteiger partial charge in [-0.25, -0.2) is 8.78 Å². The molecule has 0 aromatic heterocycles. The second kappa shape index (κ2) is 6.17. The minimum absolute atomic E-state index is 0.0242. The maximum atomic E-state index is 13.6. The molecule has 1 aromatic rings. The van der Waals surface area contributed by atoms with Crippen LogP contribution in [0.25, 0.3) is 0 Å². The van der Waals surface area contributed by atoms with Gasteiger partial charge in [0.1, 0.15) is 5.69 Å². The molecule has 1 unspecified atom stereocenters. The van der Waals surface area contributed by atoms with Gasteiger partial charge in [-0.2, -0.15) is 0 Å². The van der Waals surface area contributed by atoms with E-state index in [1.807, 2.05) is 5.43 Å². The fourth-order valence-electron chi connectivity index (χ4n) is 2.68. The van der Waals surface area contributed by atoms with Gasteiger partial charge in [0.25, 0.3) is 5.91 Å². The Kier molecular flexibility index (Phi) is 4.54. The predicted octanol–water partition coefficient (Wildman–Crippen LogP) is 2.51. The van der Waals surface area contributed by atoms with E-state index >= 15 is 0 Å². The van der Waals surface area contributed by atoms with E-state index in [1.165, 1.54) is 0 Å². The molecular formula is C14H19F2N3O. The molecule has 1 amide bonds. The number of likely N-dealkylation sites (tertiary alicyclic amines) is 1. The second-order valence-electron chi connectivity index (χ2n) is 5.15. The maximum Gasteiger partial charge on any atom is 0.254 e. The summed E-state index contributed by atoms with van der Waals surface area (Å²) < 4.78 is 27.2. The number of hydrogen-bond donors (Lipinski definition) is 2. The number of carbonyl (C=O) groups is 1. The van der Waals surface area contributed by atoms with Crippen molar-refractivity contribution in [3.63, 3.8) is 0 Å². The fraction of sp³-hybridized carbons (Fsp3) is 0.500. The first-order valence-electron chi connectivity index (χ1n) is 6.81. The number of benzene rings is 1. The Balaban J connectivity index is 2.14. The third-order valence-electron chi connectivity index (χ3n) is 3.70. The number of nitrogens with zero attached hydrogens (tertiary/aromatic N) is 1. The highest BCUT2D eigenvalue weighted by atomic mass is 19.1. The average Bonchev–Trinajstić information content (AvgIpc) is 2.86. The van der Waals surface area contributed by atoms with Crippen LogP contribution in [-0.2, 0) is 0 Å². The van der Waals surface area contributed by atoms with Gasteiger partial charge in [-0.3, -0.25) is 10.6 Å². The lowest BCUT2D eigenvalue weighted by atomic mass is 10.0. The number of rotatable bonds is 4. The van der Waals surface area contributed by atoms with Gasteiger partial charge in [-0.1, -0.05) is 13.3 Å². The first-order valence-corrected chi connectivity index (χ1v) is 6.81. The molecule has 1 aliphatic rings. The molecule has 0 bridgehead atoms. The van der Waals surface area contributed by atoms with Crippen LogP contribution in [0.15, 0.2) is 12.1 Å². The molecule has 1 fully saturated rings. The van der Waals surface area contributed by atoms with Crippen LogP contribution >= 0.6 is 0 Å². The van der Waals surface area contributed by atoms with Crippen molar-refractivity contribution in [1.82, 2.24) is 4.90 Å². The van der Waals surface area contributed by atoms with E-state index in [1.54, 1.807) is 4.90 Å². The van der Waals surface area contributed by atoms with Crippen LogP contribution in [0.2, 0.25) is 0 Å². The molecular weight excluding hydrogens is 264 g/mol. The van der Waals surface area contributed by atoms with Gasteiger partial charge in [0.15, 0.2) is 11.6 Å². The molecule has 1 heterocycles. The summed E-state index contributed by atoms with van der Waals surface area (Å²) in [5, 5.41) is 0. The van der Waals surface area contributed by atoms with E-state index in [9.17, 15) is 13.6 Å². The number of anilines is 1. The number of nitrogens with two attached hydrogens (primary N) is 1. The van der Waals surface area contributed by atoms with E-state index in [0.29, 0.717) is 19.0 Å². The van der Waals surface area contributed by atoms with Gasteiger partial charge in [0, 0.05) is 18.7 Å². The normalized spacial score (nSPS) is 18.4. The summed E-state index contributed by atoms with van der Waals surface area (Å²) in [5.41, 5.74) is 1.55. The van der Waals surface area contributed by atoms with Crippen molar-refractivity contribution in [2.75, 3.05) is 18.5 Å². The summed E-state index contributed by atoms with van der Waals surface area (Å²) in [6.45, 7) is 3.41. The molecule has 110 valence electrons. The van der Waals surface area contributed by atoms with Crippen LogP contribution in [0.1, 0.15) is 36.5 Å². The molecule has 0 aliphatic carbocycles. The number of carbonyl (C=O) groups excluding carboxylic acids is 1. The molecule has 0 radical (unpaired) electrons. The van der Waals surface area contributed by atoms with Crippen LogP contribution < -0.4 is 11.3 Å². The van der Waals surface area contributed by atoms with Crippen molar-refractivity contribution < 1.29 is 13.6 Å². The Bertz CT molecular complexity index is 484. The van der Waals surface area contributed by atoms with Gasteiger partial charge in [-0.05, 0) is 30.9 Å². The van der Waals surface area contributed by atoms with Gasteiger partial charge in [-0.15, -0.1) is 0 Å². The molecule has 1 aromatic carbocycles. The third kappa shape index (κ3) is 2.90. The molecule has 4 nitrogen and oxygen atoms in total. The van der Waals surface area contributed by atoms with Gasteiger partial charge >= 0.3 is 0 Å². The number of nitrogens with one attached hydrogen (secondary N) is 1. The molecule has 3 N–H and O–H groups in total. The molecule has 1 saturated heterocycles. The summed E-state index contributed by atoms with van der Waals surface area (Å²) in [5.74, 6) is 3.46. The zero-order valence-electron chi connectivity index (χ0n) is 11.5. The fourth-order valence-corrected chi connectivity index (χ4v) is 2.68. The molecule has 2 rings (SSSR count). The third-order valence-corrected chi connectivity index (χ3v) is 3.70. The predicted molar refractivity (Wildman–Crippen MR) is 73.1 cm³/mol. The number of halogens is 2. The largest absolute Gasteiger partial charge is 0.338 e. The van der Waals surface area contributed by atoms with Crippen LogP contribution in [0.3, 0.4) is 0 Å².